The topological polar surface area (TPSA) is 49.7 Å². The molecule has 17 heavy (non-hydrogen) atoms. The Balaban J connectivity index is 2.52. The summed E-state index contributed by atoms with van der Waals surface area (Å²) in [4.78, 5) is 0. The van der Waals surface area contributed by atoms with Crippen molar-refractivity contribution in [2.75, 3.05) is 13.2 Å². The average Bonchev–Trinajstić information content (AvgIpc) is 2.26. The molecule has 3 nitrogen and oxygen atoms in total. The molecule has 0 spiro atoms. The Morgan fingerprint density at radius 3 is 2.53 bits per heavy atom. The van der Waals surface area contributed by atoms with Gasteiger partial charge in [-0.25, -0.2) is 0 Å². The fraction of sp³-hybridized carbons (Fsp3) is 1.00. The number of aliphatic hydroxyl groups excluding tert-OH is 1. The highest BCUT2D eigenvalue weighted by Crippen LogP contribution is 2.35. The third-order valence-corrected chi connectivity index (χ3v) is 3.91. The fourth-order valence-corrected chi connectivity index (χ4v) is 2.64. The first-order valence-electron chi connectivity index (χ1n) is 6.80. The molecule has 0 saturated heterocycles. The lowest BCUT2D eigenvalue weighted by Crippen LogP contribution is -2.41. The van der Waals surface area contributed by atoms with Crippen molar-refractivity contribution in [1.29, 1.82) is 0 Å². The van der Waals surface area contributed by atoms with Crippen molar-refractivity contribution in [3.63, 3.8) is 0 Å². The second-order valence-corrected chi connectivity index (χ2v) is 6.33. The van der Waals surface area contributed by atoms with Gasteiger partial charge >= 0.3 is 0 Å². The summed E-state index contributed by atoms with van der Waals surface area (Å²) >= 11 is 0. The van der Waals surface area contributed by atoms with Crippen LogP contribution in [0.5, 0.6) is 0 Å². The van der Waals surface area contributed by atoms with E-state index in [1.807, 2.05) is 0 Å². The number of hydrogen-bond acceptors (Lipinski definition) is 3. The summed E-state index contributed by atoms with van der Waals surface area (Å²) in [5, 5.41) is 18.8. The van der Waals surface area contributed by atoms with Crippen LogP contribution in [-0.4, -0.2) is 35.1 Å². The van der Waals surface area contributed by atoms with E-state index in [1.54, 1.807) is 6.92 Å². The smallest absolute Gasteiger partial charge is 0.108 e. The van der Waals surface area contributed by atoms with Gasteiger partial charge < -0.3 is 14.9 Å². The van der Waals surface area contributed by atoms with E-state index in [4.69, 9.17) is 9.84 Å². The van der Waals surface area contributed by atoms with Crippen LogP contribution in [0.4, 0.5) is 0 Å². The highest BCUT2D eigenvalue weighted by Gasteiger charge is 2.33. The van der Waals surface area contributed by atoms with Gasteiger partial charge in [0.05, 0.1) is 19.3 Å². The quantitative estimate of drug-likeness (QED) is 0.779. The van der Waals surface area contributed by atoms with E-state index < -0.39 is 5.60 Å². The van der Waals surface area contributed by atoms with Crippen LogP contribution in [-0.2, 0) is 4.74 Å². The van der Waals surface area contributed by atoms with Gasteiger partial charge in [-0.05, 0) is 37.5 Å². The molecular formula is C14H28O3. The molecule has 1 rings (SSSR count). The molecule has 1 fully saturated rings. The minimum absolute atomic E-state index is 0.226. The van der Waals surface area contributed by atoms with Gasteiger partial charge in [0.2, 0.25) is 0 Å². The predicted molar refractivity (Wildman–Crippen MR) is 68.8 cm³/mol. The highest BCUT2D eigenvalue weighted by atomic mass is 16.5. The predicted octanol–water partition coefficient (Wildman–Crippen LogP) is 2.21. The van der Waals surface area contributed by atoms with Crippen LogP contribution in [0, 0.1) is 17.8 Å². The molecule has 2 N–H and O–H groups in total. The van der Waals surface area contributed by atoms with Crippen LogP contribution in [0.25, 0.3) is 0 Å². The Morgan fingerprint density at radius 1 is 1.35 bits per heavy atom. The maximum atomic E-state index is 9.77. The van der Waals surface area contributed by atoms with E-state index in [9.17, 15) is 5.11 Å². The summed E-state index contributed by atoms with van der Waals surface area (Å²) in [6.07, 6.45) is 3.80. The van der Waals surface area contributed by atoms with E-state index in [-0.39, 0.29) is 19.3 Å². The first-order valence-corrected chi connectivity index (χ1v) is 6.80. The zero-order valence-electron chi connectivity index (χ0n) is 11.6. The van der Waals surface area contributed by atoms with Gasteiger partial charge in [-0.2, -0.15) is 0 Å². The Bertz CT molecular complexity index is 226. The first kappa shape index (κ1) is 14.9. The molecule has 0 radical (unpaired) electrons. The largest absolute Gasteiger partial charge is 0.393 e. The molecule has 102 valence electrons. The lowest BCUT2D eigenvalue weighted by atomic mass is 9.75. The highest BCUT2D eigenvalue weighted by molar-refractivity contribution is 4.82. The average molecular weight is 244 g/mol. The maximum Gasteiger partial charge on any atom is 0.108 e. The maximum absolute atomic E-state index is 9.77. The zero-order chi connectivity index (χ0) is 13.1. The molecule has 0 aromatic heterocycles. The normalized spacial score (nSPS) is 33.7. The van der Waals surface area contributed by atoms with E-state index in [0.717, 1.165) is 6.42 Å². The number of ether oxygens (including phenoxy) is 1. The molecule has 3 heteroatoms. The van der Waals surface area contributed by atoms with Crippen molar-refractivity contribution in [3.8, 4) is 0 Å². The van der Waals surface area contributed by atoms with E-state index in [2.05, 4.69) is 20.8 Å². The molecule has 4 atom stereocenters. The second kappa shape index (κ2) is 6.17. The van der Waals surface area contributed by atoms with Gasteiger partial charge in [-0.15, -0.1) is 0 Å². The molecule has 0 aromatic carbocycles. The van der Waals surface area contributed by atoms with Crippen molar-refractivity contribution < 1.29 is 14.9 Å². The van der Waals surface area contributed by atoms with E-state index >= 15 is 0 Å². The lowest BCUT2D eigenvalue weighted by molar-refractivity contribution is -0.116. The van der Waals surface area contributed by atoms with Crippen molar-refractivity contribution in [2.24, 2.45) is 17.8 Å². The van der Waals surface area contributed by atoms with E-state index in [1.165, 1.54) is 12.8 Å². The molecule has 0 heterocycles. The minimum Gasteiger partial charge on any atom is -0.393 e. The summed E-state index contributed by atoms with van der Waals surface area (Å²) in [5.41, 5.74) is -1.11. The van der Waals surface area contributed by atoms with Crippen LogP contribution >= 0.6 is 0 Å². The molecule has 1 saturated carbocycles. The third kappa shape index (κ3) is 4.57. The summed E-state index contributed by atoms with van der Waals surface area (Å²) in [5.74, 6) is 1.90. The van der Waals surface area contributed by atoms with Gasteiger partial charge in [0.25, 0.3) is 0 Å². The van der Waals surface area contributed by atoms with E-state index in [0.29, 0.717) is 17.8 Å². The van der Waals surface area contributed by atoms with Gasteiger partial charge in [0, 0.05) is 0 Å². The van der Waals surface area contributed by atoms with Gasteiger partial charge in [0.15, 0.2) is 0 Å². The van der Waals surface area contributed by atoms with Gasteiger partial charge in [-0.3, -0.25) is 0 Å². The monoisotopic (exact) mass is 244 g/mol. The summed E-state index contributed by atoms with van der Waals surface area (Å²) in [7, 11) is 0. The first-order chi connectivity index (χ1) is 7.85. The molecule has 1 aliphatic carbocycles. The molecule has 0 amide bonds. The second-order valence-electron chi connectivity index (χ2n) is 6.33. The van der Waals surface area contributed by atoms with Crippen molar-refractivity contribution >= 4 is 0 Å². The Morgan fingerprint density at radius 2 is 2.00 bits per heavy atom. The Labute approximate surface area is 105 Å². The minimum atomic E-state index is -1.11. The number of hydrogen-bond donors (Lipinski definition) is 2. The number of aliphatic hydroxyl groups is 2. The molecule has 0 aromatic rings. The summed E-state index contributed by atoms with van der Waals surface area (Å²) in [6, 6.07) is 0. The standard InChI is InChI=1S/C14H28O3/c1-10(2)12-6-5-11(3)7-13(12)17-9-14(4,16)8-15/h10-13,15-16H,5-9H2,1-4H3/t11-,12-,13-,14-/m1/s1. The Kier molecular flexibility index (Phi) is 5.42. The third-order valence-electron chi connectivity index (χ3n) is 3.91. The van der Waals surface area contributed by atoms with Crippen LogP contribution < -0.4 is 0 Å². The van der Waals surface area contributed by atoms with Crippen LogP contribution in [0.3, 0.4) is 0 Å². The molecule has 0 aliphatic heterocycles. The molecular weight excluding hydrogens is 216 g/mol. The van der Waals surface area contributed by atoms with Crippen molar-refractivity contribution in [3.05, 3.63) is 0 Å². The van der Waals surface area contributed by atoms with Crippen molar-refractivity contribution in [2.45, 2.75) is 58.7 Å². The Hall–Kier alpha value is -0.120. The van der Waals surface area contributed by atoms with Crippen LogP contribution in [0.15, 0.2) is 0 Å². The summed E-state index contributed by atoms with van der Waals surface area (Å²) < 4.78 is 5.87. The molecule has 1 aliphatic rings. The van der Waals surface area contributed by atoms with Crippen LogP contribution in [0.1, 0.15) is 47.0 Å². The van der Waals surface area contributed by atoms with Gasteiger partial charge in [0.1, 0.15) is 5.60 Å². The fourth-order valence-electron chi connectivity index (χ4n) is 2.64. The number of rotatable bonds is 5. The molecule has 0 unspecified atom stereocenters. The summed E-state index contributed by atoms with van der Waals surface area (Å²) in [6.45, 7) is 8.33. The van der Waals surface area contributed by atoms with Gasteiger partial charge in [-0.1, -0.05) is 27.2 Å². The van der Waals surface area contributed by atoms with Crippen LogP contribution in [0.2, 0.25) is 0 Å². The lowest BCUT2D eigenvalue weighted by Gasteiger charge is -2.38. The zero-order valence-corrected chi connectivity index (χ0v) is 11.6. The SMILES string of the molecule is CC(C)[C@H]1CC[C@@H](C)C[C@H]1OC[C@](C)(O)CO. The molecule has 0 bridgehead atoms. The van der Waals surface area contributed by atoms with Crippen molar-refractivity contribution in [1.82, 2.24) is 0 Å².